The molecule has 4 N–H and O–H groups in total. The molecule has 1 aromatic rings. The van der Waals surface area contributed by atoms with Crippen LogP contribution < -0.4 is 16.4 Å². The zero-order valence-corrected chi connectivity index (χ0v) is 11.0. The maximum absolute atomic E-state index is 11.8. The molecule has 0 radical (unpaired) electrons. The standard InChI is InChI=1S/C14H17N3O2/c1-10-5-6-12(8-11(10)4-3-7-15)14(19)17-9-13(18)16-2/h5-6,8H,7,9,15H2,1-2H3,(H,16,18)(H,17,19). The first kappa shape index (κ1) is 14.7. The average molecular weight is 259 g/mol. The fourth-order valence-electron chi connectivity index (χ4n) is 1.40. The van der Waals surface area contributed by atoms with E-state index in [0.29, 0.717) is 5.56 Å². The van der Waals surface area contributed by atoms with Crippen LogP contribution in [0.15, 0.2) is 18.2 Å². The Bertz CT molecular complexity index is 541. The van der Waals surface area contributed by atoms with Gasteiger partial charge in [0.05, 0.1) is 13.1 Å². The smallest absolute Gasteiger partial charge is 0.251 e. The summed E-state index contributed by atoms with van der Waals surface area (Å²) in [7, 11) is 1.51. The molecule has 0 aliphatic rings. The van der Waals surface area contributed by atoms with Crippen LogP contribution in [-0.4, -0.2) is 32.0 Å². The number of nitrogens with one attached hydrogen (secondary N) is 2. The van der Waals surface area contributed by atoms with Gasteiger partial charge in [-0.2, -0.15) is 0 Å². The van der Waals surface area contributed by atoms with Gasteiger partial charge in [0.1, 0.15) is 0 Å². The molecule has 0 aliphatic heterocycles. The summed E-state index contributed by atoms with van der Waals surface area (Å²) in [5.74, 6) is 5.11. The molecular weight excluding hydrogens is 242 g/mol. The third-order valence-corrected chi connectivity index (χ3v) is 2.51. The molecule has 0 saturated heterocycles. The zero-order valence-electron chi connectivity index (χ0n) is 11.0. The van der Waals surface area contributed by atoms with E-state index in [-0.39, 0.29) is 24.9 Å². The van der Waals surface area contributed by atoms with Crippen molar-refractivity contribution in [1.82, 2.24) is 10.6 Å². The van der Waals surface area contributed by atoms with Crippen LogP contribution in [0.5, 0.6) is 0 Å². The Hall–Kier alpha value is -2.32. The molecule has 19 heavy (non-hydrogen) atoms. The summed E-state index contributed by atoms with van der Waals surface area (Å²) in [4.78, 5) is 22.9. The predicted octanol–water partition coefficient (Wildman–Crippen LogP) is -0.219. The SMILES string of the molecule is CNC(=O)CNC(=O)c1ccc(C)c(C#CCN)c1. The number of nitrogens with two attached hydrogens (primary N) is 1. The van der Waals surface area contributed by atoms with Crippen molar-refractivity contribution in [2.45, 2.75) is 6.92 Å². The van der Waals surface area contributed by atoms with Crippen molar-refractivity contribution >= 4 is 11.8 Å². The molecule has 100 valence electrons. The van der Waals surface area contributed by atoms with Crippen molar-refractivity contribution < 1.29 is 9.59 Å². The predicted molar refractivity (Wildman–Crippen MR) is 73.5 cm³/mol. The number of carbonyl (C=O) groups excluding carboxylic acids is 2. The molecule has 0 bridgehead atoms. The lowest BCUT2D eigenvalue weighted by Gasteiger charge is -2.06. The van der Waals surface area contributed by atoms with Crippen molar-refractivity contribution in [3.05, 3.63) is 34.9 Å². The highest BCUT2D eigenvalue weighted by atomic mass is 16.2. The van der Waals surface area contributed by atoms with Gasteiger partial charge in [0.15, 0.2) is 0 Å². The van der Waals surface area contributed by atoms with Gasteiger partial charge in [-0.3, -0.25) is 9.59 Å². The maximum Gasteiger partial charge on any atom is 0.251 e. The topological polar surface area (TPSA) is 84.2 Å². The third-order valence-electron chi connectivity index (χ3n) is 2.51. The van der Waals surface area contributed by atoms with E-state index in [1.54, 1.807) is 12.1 Å². The molecule has 1 rings (SSSR count). The van der Waals surface area contributed by atoms with Gasteiger partial charge in [-0.15, -0.1) is 0 Å². The van der Waals surface area contributed by atoms with Gasteiger partial charge >= 0.3 is 0 Å². The van der Waals surface area contributed by atoms with Gasteiger partial charge in [-0.05, 0) is 24.6 Å². The minimum Gasteiger partial charge on any atom is -0.358 e. The second kappa shape index (κ2) is 7.19. The van der Waals surface area contributed by atoms with Crippen LogP contribution in [-0.2, 0) is 4.79 Å². The first-order chi connectivity index (χ1) is 9.08. The Labute approximate surface area is 112 Å². The fourth-order valence-corrected chi connectivity index (χ4v) is 1.40. The van der Waals surface area contributed by atoms with Gasteiger partial charge < -0.3 is 16.4 Å². The van der Waals surface area contributed by atoms with Gasteiger partial charge in [0.2, 0.25) is 5.91 Å². The van der Waals surface area contributed by atoms with Gasteiger partial charge in [0, 0.05) is 18.2 Å². The number of hydrogen-bond donors (Lipinski definition) is 3. The molecule has 0 saturated carbocycles. The van der Waals surface area contributed by atoms with Crippen molar-refractivity contribution in [3.63, 3.8) is 0 Å². The fraction of sp³-hybridized carbons (Fsp3) is 0.286. The second-order valence-electron chi connectivity index (χ2n) is 3.89. The Morgan fingerprint density at radius 1 is 1.37 bits per heavy atom. The first-order valence-electron chi connectivity index (χ1n) is 5.87. The van der Waals surface area contributed by atoms with E-state index < -0.39 is 0 Å². The molecule has 0 spiro atoms. The molecule has 0 aliphatic carbocycles. The quantitative estimate of drug-likeness (QED) is 0.656. The molecular formula is C14H17N3O2. The molecule has 2 amide bonds. The van der Waals surface area contributed by atoms with Gasteiger partial charge in [-0.1, -0.05) is 17.9 Å². The summed E-state index contributed by atoms with van der Waals surface area (Å²) < 4.78 is 0. The highest BCUT2D eigenvalue weighted by Crippen LogP contribution is 2.10. The van der Waals surface area contributed by atoms with E-state index >= 15 is 0 Å². The first-order valence-corrected chi connectivity index (χ1v) is 5.87. The molecule has 5 nitrogen and oxygen atoms in total. The number of amides is 2. The lowest BCUT2D eigenvalue weighted by molar-refractivity contribution is -0.119. The third kappa shape index (κ3) is 4.45. The number of likely N-dealkylation sites (N-methyl/N-ethyl adjacent to an activating group) is 1. The van der Waals surface area contributed by atoms with E-state index in [2.05, 4.69) is 22.5 Å². The van der Waals surface area contributed by atoms with Crippen molar-refractivity contribution in [2.24, 2.45) is 5.73 Å². The Balaban J connectivity index is 2.83. The minimum atomic E-state index is -0.306. The van der Waals surface area contributed by atoms with E-state index in [1.165, 1.54) is 7.05 Å². The van der Waals surface area contributed by atoms with E-state index in [0.717, 1.165) is 11.1 Å². The molecule has 0 unspecified atom stereocenters. The summed E-state index contributed by atoms with van der Waals surface area (Å²) in [6, 6.07) is 5.20. The van der Waals surface area contributed by atoms with Crippen LogP contribution in [0.3, 0.4) is 0 Å². The number of hydrogen-bond acceptors (Lipinski definition) is 3. The highest BCUT2D eigenvalue weighted by molar-refractivity contribution is 5.96. The van der Waals surface area contributed by atoms with E-state index in [1.807, 2.05) is 13.0 Å². The molecule has 0 aromatic heterocycles. The average Bonchev–Trinajstić information content (AvgIpc) is 2.43. The lowest BCUT2D eigenvalue weighted by Crippen LogP contribution is -2.35. The molecule has 0 atom stereocenters. The van der Waals surface area contributed by atoms with Gasteiger partial charge in [-0.25, -0.2) is 0 Å². The van der Waals surface area contributed by atoms with Crippen LogP contribution >= 0.6 is 0 Å². The number of rotatable bonds is 3. The van der Waals surface area contributed by atoms with Gasteiger partial charge in [0.25, 0.3) is 5.91 Å². The summed E-state index contributed by atoms with van der Waals surface area (Å²) >= 11 is 0. The minimum absolute atomic E-state index is 0.0486. The number of benzene rings is 1. The molecule has 5 heteroatoms. The van der Waals surface area contributed by atoms with Crippen LogP contribution in [0, 0.1) is 18.8 Å². The van der Waals surface area contributed by atoms with Crippen LogP contribution in [0.4, 0.5) is 0 Å². The number of carbonyl (C=O) groups is 2. The normalized spacial score (nSPS) is 9.21. The summed E-state index contributed by atoms with van der Waals surface area (Å²) in [5.41, 5.74) is 7.53. The summed E-state index contributed by atoms with van der Waals surface area (Å²) in [6.07, 6.45) is 0. The Kier molecular flexibility index (Phi) is 5.58. The van der Waals surface area contributed by atoms with Crippen LogP contribution in [0.1, 0.15) is 21.5 Å². The Morgan fingerprint density at radius 3 is 2.74 bits per heavy atom. The monoisotopic (exact) mass is 259 g/mol. The second-order valence-corrected chi connectivity index (χ2v) is 3.89. The molecule has 0 fully saturated rings. The zero-order chi connectivity index (χ0) is 14.3. The highest BCUT2D eigenvalue weighted by Gasteiger charge is 2.08. The maximum atomic E-state index is 11.8. The molecule has 1 aromatic carbocycles. The summed E-state index contributed by atoms with van der Waals surface area (Å²) in [6.45, 7) is 2.13. The number of aryl methyl sites for hydroxylation is 1. The van der Waals surface area contributed by atoms with E-state index in [4.69, 9.17) is 5.73 Å². The lowest BCUT2D eigenvalue weighted by atomic mass is 10.0. The molecule has 0 heterocycles. The van der Waals surface area contributed by atoms with Crippen molar-refractivity contribution in [2.75, 3.05) is 20.1 Å². The van der Waals surface area contributed by atoms with E-state index in [9.17, 15) is 9.59 Å². The Morgan fingerprint density at radius 2 is 2.11 bits per heavy atom. The van der Waals surface area contributed by atoms with Crippen LogP contribution in [0.2, 0.25) is 0 Å². The largest absolute Gasteiger partial charge is 0.358 e. The van der Waals surface area contributed by atoms with Crippen LogP contribution in [0.25, 0.3) is 0 Å². The summed E-state index contributed by atoms with van der Waals surface area (Å²) in [5, 5.41) is 4.96. The van der Waals surface area contributed by atoms with Crippen molar-refractivity contribution in [1.29, 1.82) is 0 Å². The van der Waals surface area contributed by atoms with Crippen molar-refractivity contribution in [3.8, 4) is 11.8 Å².